The second kappa shape index (κ2) is 5.87. The van der Waals surface area contributed by atoms with E-state index in [-0.39, 0.29) is 6.04 Å². The van der Waals surface area contributed by atoms with Crippen LogP contribution in [-0.2, 0) is 0 Å². The molecular weight excluding hydrogens is 227 g/mol. The van der Waals surface area contributed by atoms with E-state index in [0.29, 0.717) is 12.0 Å². The van der Waals surface area contributed by atoms with Crippen LogP contribution < -0.4 is 5.32 Å². The molecule has 1 N–H and O–H groups in total. The highest BCUT2D eigenvalue weighted by Gasteiger charge is 2.16. The molecule has 1 nitrogen and oxygen atoms in total. The van der Waals surface area contributed by atoms with E-state index in [1.165, 1.54) is 0 Å². The highest BCUT2D eigenvalue weighted by molar-refractivity contribution is 5.22. The summed E-state index contributed by atoms with van der Waals surface area (Å²) in [7, 11) is 1.70. The molecule has 1 rings (SSSR count). The number of nitrogens with one attached hydrogen (secondary N) is 1. The Bertz CT molecular complexity index is 392. The summed E-state index contributed by atoms with van der Waals surface area (Å²) >= 11 is 0. The molecule has 0 fully saturated rings. The summed E-state index contributed by atoms with van der Waals surface area (Å²) in [4.78, 5) is 0. The van der Waals surface area contributed by atoms with E-state index >= 15 is 0 Å². The third-order valence-electron chi connectivity index (χ3n) is 2.62. The second-order valence-electron chi connectivity index (χ2n) is 4.14. The van der Waals surface area contributed by atoms with E-state index in [4.69, 9.17) is 0 Å². The monoisotopic (exact) mass is 243 g/mol. The third kappa shape index (κ3) is 3.60. The van der Waals surface area contributed by atoms with Gasteiger partial charge in [0.05, 0.1) is 0 Å². The number of benzene rings is 1. The number of allylic oxidation sites excluding steroid dienone is 1. The summed E-state index contributed by atoms with van der Waals surface area (Å²) in [6, 6.07) is 1.84. The quantitative estimate of drug-likeness (QED) is 0.614. The summed E-state index contributed by atoms with van der Waals surface area (Å²) in [6.07, 6.45) is 1.41. The molecule has 94 valence electrons. The van der Waals surface area contributed by atoms with Gasteiger partial charge < -0.3 is 5.32 Å². The summed E-state index contributed by atoms with van der Waals surface area (Å²) in [5.74, 6) is -3.74. The smallest absolute Gasteiger partial charge is 0.194 e. The van der Waals surface area contributed by atoms with Gasteiger partial charge in [-0.25, -0.2) is 13.2 Å². The van der Waals surface area contributed by atoms with Crippen LogP contribution >= 0.6 is 0 Å². The lowest BCUT2D eigenvalue weighted by Crippen LogP contribution is -2.17. The van der Waals surface area contributed by atoms with E-state index in [9.17, 15) is 13.2 Å². The molecule has 1 aromatic rings. The zero-order valence-electron chi connectivity index (χ0n) is 9.99. The van der Waals surface area contributed by atoms with Gasteiger partial charge >= 0.3 is 0 Å². The lowest BCUT2D eigenvalue weighted by Gasteiger charge is -2.17. The lowest BCUT2D eigenvalue weighted by molar-refractivity contribution is 0.439. The molecule has 0 aliphatic rings. The van der Waals surface area contributed by atoms with Crippen LogP contribution in [0.4, 0.5) is 13.2 Å². The molecule has 0 aliphatic heterocycles. The Morgan fingerprint density at radius 1 is 1.29 bits per heavy atom. The summed E-state index contributed by atoms with van der Waals surface area (Å²) in [5.41, 5.74) is 1.40. The maximum absolute atomic E-state index is 13.1. The predicted molar refractivity (Wildman–Crippen MR) is 62.2 cm³/mol. The van der Waals surface area contributed by atoms with Crippen LogP contribution in [0.25, 0.3) is 0 Å². The van der Waals surface area contributed by atoms with E-state index in [1.807, 2.05) is 6.92 Å². The van der Waals surface area contributed by atoms with Gasteiger partial charge in [0.1, 0.15) is 0 Å². The van der Waals surface area contributed by atoms with Crippen LogP contribution in [0.3, 0.4) is 0 Å². The average Bonchev–Trinajstić information content (AvgIpc) is 2.26. The fourth-order valence-electron chi connectivity index (χ4n) is 1.64. The van der Waals surface area contributed by atoms with Gasteiger partial charge in [-0.3, -0.25) is 0 Å². The molecule has 0 amide bonds. The number of halogens is 3. The topological polar surface area (TPSA) is 12.0 Å². The second-order valence-corrected chi connectivity index (χ2v) is 4.14. The van der Waals surface area contributed by atoms with Gasteiger partial charge in [-0.15, -0.1) is 6.58 Å². The molecule has 0 aliphatic carbocycles. The standard InChI is InChI=1S/C13H16F3N/c1-8(2)4-5-12(17-3)9-6-10(14)13(16)11(15)7-9/h6-7,12,17H,1,4-5H2,2-3H3. The summed E-state index contributed by atoms with van der Waals surface area (Å²) < 4.78 is 39.0. The molecule has 0 spiro atoms. The van der Waals surface area contributed by atoms with Crippen molar-refractivity contribution in [1.29, 1.82) is 0 Å². The Balaban J connectivity index is 2.92. The zero-order chi connectivity index (χ0) is 13.0. The number of hydrogen-bond donors (Lipinski definition) is 1. The first-order chi connectivity index (χ1) is 7.95. The third-order valence-corrected chi connectivity index (χ3v) is 2.62. The molecule has 1 aromatic carbocycles. The molecule has 0 saturated heterocycles. The van der Waals surface area contributed by atoms with Crippen molar-refractivity contribution >= 4 is 0 Å². The fourth-order valence-corrected chi connectivity index (χ4v) is 1.64. The zero-order valence-corrected chi connectivity index (χ0v) is 9.99. The highest BCUT2D eigenvalue weighted by Crippen LogP contribution is 2.23. The number of rotatable bonds is 5. The average molecular weight is 243 g/mol. The van der Waals surface area contributed by atoms with E-state index in [0.717, 1.165) is 24.1 Å². The van der Waals surface area contributed by atoms with E-state index < -0.39 is 17.5 Å². The molecule has 4 heteroatoms. The molecule has 1 unspecified atom stereocenters. The molecule has 0 radical (unpaired) electrons. The molecule has 1 atom stereocenters. The number of hydrogen-bond acceptors (Lipinski definition) is 1. The summed E-state index contributed by atoms with van der Waals surface area (Å²) in [5, 5.41) is 2.95. The Labute approximate surface area is 99.3 Å². The highest BCUT2D eigenvalue weighted by atomic mass is 19.2. The Kier molecular flexibility index (Phi) is 4.75. The van der Waals surface area contributed by atoms with Crippen molar-refractivity contribution in [3.05, 3.63) is 47.3 Å². The maximum Gasteiger partial charge on any atom is 0.194 e. The fraction of sp³-hybridized carbons (Fsp3) is 0.385. The lowest BCUT2D eigenvalue weighted by atomic mass is 10.00. The Morgan fingerprint density at radius 3 is 2.24 bits per heavy atom. The van der Waals surface area contributed by atoms with Crippen LogP contribution in [-0.4, -0.2) is 7.05 Å². The van der Waals surface area contributed by atoms with Gasteiger partial charge in [-0.2, -0.15) is 0 Å². The van der Waals surface area contributed by atoms with Crippen LogP contribution in [0.2, 0.25) is 0 Å². The van der Waals surface area contributed by atoms with Crippen LogP contribution in [0.5, 0.6) is 0 Å². The van der Waals surface area contributed by atoms with Crippen molar-refractivity contribution < 1.29 is 13.2 Å². The van der Waals surface area contributed by atoms with Crippen molar-refractivity contribution in [1.82, 2.24) is 5.32 Å². The van der Waals surface area contributed by atoms with Gasteiger partial charge in [0.15, 0.2) is 17.5 Å². The van der Waals surface area contributed by atoms with Crippen molar-refractivity contribution in [2.75, 3.05) is 7.05 Å². The van der Waals surface area contributed by atoms with Gasteiger partial charge in [-0.05, 0) is 44.5 Å². The van der Waals surface area contributed by atoms with Gasteiger partial charge in [0.2, 0.25) is 0 Å². The minimum absolute atomic E-state index is 0.212. The van der Waals surface area contributed by atoms with Crippen LogP contribution in [0.15, 0.2) is 24.3 Å². The molecule has 0 heterocycles. The summed E-state index contributed by atoms with van der Waals surface area (Å²) in [6.45, 7) is 5.66. The van der Waals surface area contributed by atoms with Crippen molar-refractivity contribution in [2.45, 2.75) is 25.8 Å². The molecule has 0 saturated carbocycles. The minimum Gasteiger partial charge on any atom is -0.313 e. The van der Waals surface area contributed by atoms with E-state index in [2.05, 4.69) is 11.9 Å². The molecule has 0 aromatic heterocycles. The van der Waals surface area contributed by atoms with Gasteiger partial charge in [0.25, 0.3) is 0 Å². The van der Waals surface area contributed by atoms with Crippen molar-refractivity contribution in [3.8, 4) is 0 Å². The SMILES string of the molecule is C=C(C)CCC(NC)c1cc(F)c(F)c(F)c1. The first-order valence-corrected chi connectivity index (χ1v) is 5.41. The minimum atomic E-state index is -1.43. The van der Waals surface area contributed by atoms with Crippen molar-refractivity contribution in [3.63, 3.8) is 0 Å². The van der Waals surface area contributed by atoms with Gasteiger partial charge in [-0.1, -0.05) is 5.57 Å². The Morgan fingerprint density at radius 2 is 1.82 bits per heavy atom. The van der Waals surface area contributed by atoms with E-state index in [1.54, 1.807) is 7.05 Å². The van der Waals surface area contributed by atoms with Crippen LogP contribution in [0.1, 0.15) is 31.4 Å². The molecule has 17 heavy (non-hydrogen) atoms. The first kappa shape index (κ1) is 13.8. The molecular formula is C13H16F3N. The molecule has 0 bridgehead atoms. The maximum atomic E-state index is 13.1. The largest absolute Gasteiger partial charge is 0.313 e. The normalized spacial score (nSPS) is 12.5. The predicted octanol–water partition coefficient (Wildman–Crippen LogP) is 3.72. The first-order valence-electron chi connectivity index (χ1n) is 5.41. The van der Waals surface area contributed by atoms with Crippen molar-refractivity contribution in [2.24, 2.45) is 0 Å². The van der Waals surface area contributed by atoms with Gasteiger partial charge in [0, 0.05) is 6.04 Å². The Hall–Kier alpha value is -1.29. The van der Waals surface area contributed by atoms with Crippen LogP contribution in [0, 0.1) is 17.5 Å².